The largest absolute Gasteiger partial charge is 0.481 e. The highest BCUT2D eigenvalue weighted by Gasteiger charge is 2.51. The molecule has 2 saturated heterocycles. The van der Waals surface area contributed by atoms with Crippen molar-refractivity contribution in [2.24, 2.45) is 51.2 Å². The average molecular weight is 1380 g/mol. The fraction of sp³-hybridized carbons (Fsp3) is 0.741. The number of carbonyl (C=O) groups is 13. The summed E-state index contributed by atoms with van der Waals surface area (Å²) < 4.78 is 22.3. The highest BCUT2D eigenvalue weighted by Crippen LogP contribution is 2.30. The van der Waals surface area contributed by atoms with Crippen molar-refractivity contribution < 1.29 is 127 Å². The Bertz CT molecular complexity index is 2690. The van der Waals surface area contributed by atoms with E-state index in [0.29, 0.717) is 0 Å². The first kappa shape index (κ1) is 83.9. The highest BCUT2D eigenvalue weighted by atomic mass is 16.7. The molecule has 2 rings (SSSR count). The van der Waals surface area contributed by atoms with Crippen molar-refractivity contribution in [1.82, 2.24) is 47.9 Å². The van der Waals surface area contributed by atoms with Gasteiger partial charge in [0.15, 0.2) is 18.5 Å². The van der Waals surface area contributed by atoms with E-state index < -0.39 is 263 Å². The van der Waals surface area contributed by atoms with Crippen molar-refractivity contribution in [3.8, 4) is 0 Å². The van der Waals surface area contributed by atoms with Crippen LogP contribution in [0, 0.1) is 11.8 Å². The van der Waals surface area contributed by atoms with Gasteiger partial charge in [0.1, 0.15) is 97.2 Å². The Labute approximate surface area is 549 Å². The second-order valence-electron chi connectivity index (χ2n) is 22.8. The van der Waals surface area contributed by atoms with Crippen LogP contribution in [0.2, 0.25) is 0 Å². The van der Waals surface area contributed by atoms with Crippen molar-refractivity contribution in [3.05, 3.63) is 0 Å². The monoisotopic (exact) mass is 1380 g/mol. The van der Waals surface area contributed by atoms with E-state index in [1.165, 1.54) is 20.8 Å². The number of amides is 12. The maximum atomic E-state index is 14.7. The van der Waals surface area contributed by atoms with Crippen molar-refractivity contribution in [1.29, 1.82) is 0 Å². The molecule has 42 nitrogen and oxygen atoms in total. The number of nitrogens with one attached hydrogen (secondary N) is 9. The van der Waals surface area contributed by atoms with E-state index in [4.69, 9.17) is 58.5 Å². The van der Waals surface area contributed by atoms with E-state index in [1.807, 2.05) is 0 Å². The number of hydrogen-bond acceptors (Lipinski definition) is 27. The predicted octanol–water partition coefficient (Wildman–Crippen LogP) is -13.8. The van der Waals surface area contributed by atoms with Gasteiger partial charge in [0.25, 0.3) is 0 Å². The molecule has 0 aromatic heterocycles. The maximum Gasteiger partial charge on any atom is 0.305 e. The molecule has 0 spiro atoms. The zero-order chi connectivity index (χ0) is 73.0. The number of aliphatic hydroxyl groups excluding tert-OH is 8. The lowest BCUT2D eigenvalue weighted by Gasteiger charge is -2.46. The van der Waals surface area contributed by atoms with Crippen LogP contribution >= 0.6 is 0 Å². The number of carboxylic acid groups (broad SMARTS) is 1. The van der Waals surface area contributed by atoms with Gasteiger partial charge in [-0.2, -0.15) is 0 Å². The fourth-order valence-electron chi connectivity index (χ4n) is 9.23. The van der Waals surface area contributed by atoms with Gasteiger partial charge in [-0.15, -0.1) is 0 Å². The summed E-state index contributed by atoms with van der Waals surface area (Å²) in [6, 6.07) is -15.4. The van der Waals surface area contributed by atoms with E-state index in [2.05, 4.69) is 52.8 Å². The molecule has 96 heavy (non-hydrogen) atoms. The quantitative estimate of drug-likeness (QED) is 0.0153. The molecule has 0 bridgehead atoms. The molecule has 42 heteroatoms. The average Bonchev–Trinajstić information content (AvgIpc) is 0.790. The molecule has 0 aliphatic carbocycles. The van der Waals surface area contributed by atoms with Gasteiger partial charge in [-0.1, -0.05) is 40.5 Å². The number of guanidine groups is 1. The first-order chi connectivity index (χ1) is 45.0. The zero-order valence-electron chi connectivity index (χ0n) is 53.4. The van der Waals surface area contributed by atoms with Gasteiger partial charge in [0.2, 0.25) is 70.9 Å². The van der Waals surface area contributed by atoms with Gasteiger partial charge in [-0.05, 0) is 38.0 Å². The van der Waals surface area contributed by atoms with Crippen LogP contribution in [-0.4, -0.2) is 284 Å². The summed E-state index contributed by atoms with van der Waals surface area (Å²) in [4.78, 5) is 175. The third kappa shape index (κ3) is 26.8. The number of ether oxygens (including phenoxy) is 4. The van der Waals surface area contributed by atoms with E-state index >= 15 is 0 Å². The lowest BCUT2D eigenvalue weighted by atomic mass is 9.96. The van der Waals surface area contributed by atoms with E-state index in [1.54, 1.807) is 13.8 Å². The van der Waals surface area contributed by atoms with E-state index in [-0.39, 0.29) is 38.2 Å². The summed E-state index contributed by atoms with van der Waals surface area (Å²) in [7, 11) is 0. The minimum Gasteiger partial charge on any atom is -0.481 e. The van der Waals surface area contributed by atoms with Crippen LogP contribution in [0.25, 0.3) is 0 Å². The minimum atomic E-state index is -2.23. The van der Waals surface area contributed by atoms with Crippen LogP contribution in [0.15, 0.2) is 4.99 Å². The number of aliphatic imine (C=N–C) groups is 1. The Kier molecular flexibility index (Phi) is 35.9. The first-order valence-corrected chi connectivity index (χ1v) is 30.4. The lowest BCUT2D eigenvalue weighted by molar-refractivity contribution is -0.359. The second-order valence-corrected chi connectivity index (χ2v) is 22.8. The smallest absolute Gasteiger partial charge is 0.305 e. The minimum absolute atomic E-state index is 0.0306. The topological polar surface area (TPSA) is 718 Å². The van der Waals surface area contributed by atoms with Crippen molar-refractivity contribution in [2.45, 2.75) is 202 Å². The van der Waals surface area contributed by atoms with Crippen LogP contribution < -0.4 is 82.3 Å². The van der Waals surface area contributed by atoms with Gasteiger partial charge in [0.05, 0.1) is 51.9 Å². The molecule has 2 aliphatic rings. The number of hydrogen-bond donors (Lipinski definition) is 24. The molecule has 0 unspecified atom stereocenters. The third-order valence-electron chi connectivity index (χ3n) is 15.3. The van der Waals surface area contributed by atoms with Crippen LogP contribution in [0.1, 0.15) is 86.0 Å². The Morgan fingerprint density at radius 1 is 0.531 bits per heavy atom. The highest BCUT2D eigenvalue weighted by molar-refractivity contribution is 5.99. The van der Waals surface area contributed by atoms with Gasteiger partial charge in [-0.25, -0.2) is 0 Å². The Morgan fingerprint density at radius 2 is 1.04 bits per heavy atom. The third-order valence-corrected chi connectivity index (χ3v) is 15.3. The van der Waals surface area contributed by atoms with Crippen LogP contribution in [0.5, 0.6) is 0 Å². The molecule has 2 fully saturated rings. The number of nitrogens with zero attached hydrogens (tertiary/aromatic N) is 1. The van der Waals surface area contributed by atoms with Crippen molar-refractivity contribution in [2.75, 3.05) is 39.5 Å². The molecular weight excluding hydrogens is 1290 g/mol. The summed E-state index contributed by atoms with van der Waals surface area (Å²) in [6.45, 7) is 2.25. The fourth-order valence-corrected chi connectivity index (χ4v) is 9.23. The summed E-state index contributed by atoms with van der Waals surface area (Å²) in [5.74, 6) is -17.0. The number of primary amides is 3. The van der Waals surface area contributed by atoms with Crippen LogP contribution in [-0.2, 0) is 81.3 Å². The zero-order valence-corrected chi connectivity index (χ0v) is 53.4. The SMILES string of the molecule is CC[C@H](C)[C@H](NC(=O)CNC(=O)[C@H](C)NC(=O)[C@@H](N)CC(=O)O)C(=O)N[C@@H](CO[C@@H]1O[C@H](CO)[C@H](O[C@H]2O[C@H](CO)[C@H](O)[C@H](O)[C@H]2O)[C@H](O)[C@H]1O)C(=O)N[C@@H](CCC(N)=O)C(=O)N[C@H](C(=O)N[C@@H](CC(N)=O)C(=O)N[C@@H](CO)C(=O)N[C@@H](CCCN=C(N)N)C(N)=O)[C@@H](C)CC. The van der Waals surface area contributed by atoms with Crippen LogP contribution in [0.3, 0.4) is 0 Å². The van der Waals surface area contributed by atoms with Crippen molar-refractivity contribution >= 4 is 82.8 Å². The number of nitrogens with two attached hydrogens (primary N) is 6. The normalized spacial score (nSPS) is 24.2. The standard InChI is InChI=1S/C54H94N16O26/c1-6-20(3)35(69-33(76)15-62-44(85)22(5)63-45(86)23(55)13-34(77)78)50(91)68-28(19-93-52-41(83)39(81)42(30(18-73)95-52)96-53-40(82)38(80)37(79)29(17-72)94-53)49(90)65-25(10-11-31(56)74)46(87)70-36(21(4)7-2)51(92)66-26(14-32(57)75)47(88)67-27(16-71)48(89)64-24(43(58)84)9-8-12-61-54(59)60/h20-30,35-42,52-53,71-73,79-83H,6-19,55H2,1-5H3,(H2,56,74)(H2,57,75)(H2,58,84)(H,62,85)(H,63,86)(H,64,89)(H,65,90)(H,66,92)(H,67,88)(H,68,91)(H,69,76)(H,70,87)(H,77,78)(H4,59,60,61)/t20-,21-,22-,23-,24-,25-,26-,27-,28-,29+,30+,35-,36-,37-,38-,39+,40+,41+,42-,52+,53+/m0/s1. The first-order valence-electron chi connectivity index (χ1n) is 30.4. The van der Waals surface area contributed by atoms with Gasteiger partial charge >= 0.3 is 5.97 Å². The maximum absolute atomic E-state index is 14.7. The summed E-state index contributed by atoms with van der Waals surface area (Å²) >= 11 is 0. The molecule has 0 aromatic rings. The van der Waals surface area contributed by atoms with Gasteiger partial charge in [0, 0.05) is 13.0 Å². The molecule has 0 saturated carbocycles. The van der Waals surface area contributed by atoms with Crippen molar-refractivity contribution in [3.63, 3.8) is 0 Å². The Hall–Kier alpha value is -8.14. The molecule has 0 radical (unpaired) electrons. The summed E-state index contributed by atoms with van der Waals surface area (Å²) in [5.41, 5.74) is 32.5. The number of aliphatic hydroxyl groups is 8. The number of aliphatic carboxylic acids is 1. The summed E-state index contributed by atoms with van der Waals surface area (Å²) in [6.07, 6.45) is -22.2. The molecule has 546 valence electrons. The van der Waals surface area contributed by atoms with Gasteiger partial charge < -0.3 is 147 Å². The summed E-state index contributed by atoms with van der Waals surface area (Å²) in [5, 5.41) is 114. The number of rotatable bonds is 42. The van der Waals surface area contributed by atoms with E-state index in [9.17, 15) is 103 Å². The molecule has 0 aromatic carbocycles. The number of carboxylic acids is 1. The molecule has 12 amide bonds. The molecule has 2 aliphatic heterocycles. The van der Waals surface area contributed by atoms with Crippen LogP contribution in [0.4, 0.5) is 0 Å². The Morgan fingerprint density at radius 3 is 1.57 bits per heavy atom. The Balaban J connectivity index is 2.59. The predicted molar refractivity (Wildman–Crippen MR) is 324 cm³/mol. The molecule has 30 N–H and O–H groups in total. The van der Waals surface area contributed by atoms with E-state index in [0.717, 1.165) is 0 Å². The number of carbonyl (C=O) groups excluding carboxylic acids is 12. The second kappa shape index (κ2) is 41.1. The molecular formula is C54H94N16O26. The lowest BCUT2D eigenvalue weighted by Crippen LogP contribution is -2.65. The molecule has 21 atom stereocenters. The molecule has 2 heterocycles. The van der Waals surface area contributed by atoms with Gasteiger partial charge in [-0.3, -0.25) is 67.3 Å².